The lowest BCUT2D eigenvalue weighted by atomic mass is 9.85. The van der Waals surface area contributed by atoms with Crippen molar-refractivity contribution in [1.82, 2.24) is 30.6 Å². The molecule has 1 unspecified atom stereocenters. The molecule has 17 heteroatoms. The Balaban J connectivity index is 1.17. The number of carbonyl (C=O) groups is 3. The maximum absolute atomic E-state index is 14.6. The Morgan fingerprint density at radius 3 is 2.08 bits per heavy atom. The Morgan fingerprint density at radius 2 is 1.44 bits per heavy atom. The average molecular weight is 991 g/mol. The summed E-state index contributed by atoms with van der Waals surface area (Å²) in [6.45, 7) is 10.7. The maximum Gasteiger partial charge on any atom is 0.329 e. The molecule has 0 radical (unpaired) electrons. The topological polar surface area (TPSA) is 192 Å². The second-order valence-corrected chi connectivity index (χ2v) is 18.2. The summed E-state index contributed by atoms with van der Waals surface area (Å²) in [4.78, 5) is 44.3. The van der Waals surface area contributed by atoms with Crippen LogP contribution in [0.25, 0.3) is 11.4 Å². The first-order chi connectivity index (χ1) is 34.7. The van der Waals surface area contributed by atoms with Crippen LogP contribution in [0.1, 0.15) is 99.9 Å². The first kappa shape index (κ1) is 54.3. The van der Waals surface area contributed by atoms with E-state index in [1.165, 1.54) is 21.3 Å². The highest BCUT2D eigenvalue weighted by Gasteiger charge is 2.38. The number of nitrogens with zero attached hydrogens (tertiary/aromatic N) is 5. The van der Waals surface area contributed by atoms with Gasteiger partial charge in [0.25, 0.3) is 5.91 Å². The van der Waals surface area contributed by atoms with Crippen LogP contribution in [0.2, 0.25) is 0 Å². The second kappa shape index (κ2) is 25.9. The van der Waals surface area contributed by atoms with E-state index in [2.05, 4.69) is 25.7 Å². The third-order valence-corrected chi connectivity index (χ3v) is 13.2. The van der Waals surface area contributed by atoms with Gasteiger partial charge in [0.05, 0.1) is 47.1 Å². The fourth-order valence-corrected chi connectivity index (χ4v) is 9.11. The molecule has 0 spiro atoms. The molecule has 6 rings (SSSR count). The van der Waals surface area contributed by atoms with Gasteiger partial charge in [0, 0.05) is 31.2 Å². The van der Waals surface area contributed by atoms with Crippen molar-refractivity contribution >= 4 is 17.8 Å². The summed E-state index contributed by atoms with van der Waals surface area (Å²) in [5.74, 6) is 2.18. The molecule has 2 amide bonds. The van der Waals surface area contributed by atoms with Crippen LogP contribution in [-0.4, -0.2) is 117 Å². The van der Waals surface area contributed by atoms with E-state index in [-0.39, 0.29) is 24.3 Å². The highest BCUT2D eigenvalue weighted by molar-refractivity contribution is 5.89. The Kier molecular flexibility index (Phi) is 19.5. The van der Waals surface area contributed by atoms with Crippen molar-refractivity contribution in [3.05, 3.63) is 107 Å². The van der Waals surface area contributed by atoms with E-state index in [4.69, 9.17) is 37.9 Å². The molecule has 1 saturated heterocycles. The number of aromatic nitrogens is 4. The summed E-state index contributed by atoms with van der Waals surface area (Å²) in [6.07, 6.45) is 3.21. The normalized spacial score (nSPS) is 14.9. The minimum absolute atomic E-state index is 0.0895. The predicted molar refractivity (Wildman–Crippen MR) is 271 cm³/mol. The number of hydrogen-bond donors (Lipinski definition) is 1. The van der Waals surface area contributed by atoms with E-state index in [0.717, 1.165) is 29.5 Å². The number of nitrogens with one attached hydrogen (secondary N) is 1. The summed E-state index contributed by atoms with van der Waals surface area (Å²) in [5.41, 5.74) is 3.59. The summed E-state index contributed by atoms with van der Waals surface area (Å²) in [6, 6.07) is 23.6. The van der Waals surface area contributed by atoms with Gasteiger partial charge in [-0.2, -0.15) is 0 Å². The van der Waals surface area contributed by atoms with Gasteiger partial charge in [0.1, 0.15) is 17.9 Å². The zero-order valence-corrected chi connectivity index (χ0v) is 43.3. The number of esters is 1. The van der Waals surface area contributed by atoms with Crippen molar-refractivity contribution in [3.8, 4) is 45.9 Å². The zero-order chi connectivity index (χ0) is 51.8. The largest absolute Gasteiger partial charge is 0.493 e. The van der Waals surface area contributed by atoms with Gasteiger partial charge in [-0.15, -0.1) is 20.4 Å². The van der Waals surface area contributed by atoms with Crippen LogP contribution in [0.4, 0.5) is 0 Å². The lowest BCUT2D eigenvalue weighted by Crippen LogP contribution is -2.50. The van der Waals surface area contributed by atoms with Crippen LogP contribution in [0.5, 0.6) is 34.5 Å². The number of carbonyl (C=O) groups excluding carboxylic acids is 3. The number of methoxy groups -OCH3 is 5. The van der Waals surface area contributed by atoms with Crippen molar-refractivity contribution in [2.24, 2.45) is 5.92 Å². The summed E-state index contributed by atoms with van der Waals surface area (Å²) < 4.78 is 46.6. The van der Waals surface area contributed by atoms with Crippen molar-refractivity contribution in [3.63, 3.8) is 0 Å². The lowest BCUT2D eigenvalue weighted by Gasteiger charge is -2.37. The molecule has 0 bridgehead atoms. The van der Waals surface area contributed by atoms with Gasteiger partial charge in [-0.25, -0.2) is 4.79 Å². The molecular formula is C55H70N6O11. The number of ether oxygens (including phenoxy) is 8. The van der Waals surface area contributed by atoms with E-state index in [1.54, 1.807) is 50.3 Å². The van der Waals surface area contributed by atoms with Crippen LogP contribution >= 0.6 is 0 Å². The first-order valence-corrected chi connectivity index (χ1v) is 24.5. The predicted octanol–water partition coefficient (Wildman–Crippen LogP) is 8.25. The highest BCUT2D eigenvalue weighted by atomic mass is 16.5. The minimum atomic E-state index is -0.812. The molecule has 5 aromatic rings. The van der Waals surface area contributed by atoms with Crippen LogP contribution in [0, 0.1) is 12.8 Å². The molecule has 4 atom stereocenters. The monoisotopic (exact) mass is 991 g/mol. The van der Waals surface area contributed by atoms with Gasteiger partial charge in [0.2, 0.25) is 17.5 Å². The number of benzene rings is 4. The van der Waals surface area contributed by atoms with E-state index < -0.39 is 29.6 Å². The summed E-state index contributed by atoms with van der Waals surface area (Å²) >= 11 is 0. The molecule has 4 aromatic carbocycles. The minimum Gasteiger partial charge on any atom is -0.493 e. The Labute approximate surface area is 423 Å². The van der Waals surface area contributed by atoms with Crippen molar-refractivity contribution in [2.75, 3.05) is 61.9 Å². The molecule has 1 aliphatic rings. The highest BCUT2D eigenvalue weighted by Crippen LogP contribution is 2.42. The van der Waals surface area contributed by atoms with Crippen LogP contribution in [0.15, 0.2) is 78.9 Å². The molecule has 1 N–H and O–H groups in total. The fraction of sp³-hybridized carbons (Fsp3) is 0.473. The summed E-state index contributed by atoms with van der Waals surface area (Å²) in [5, 5.41) is 19.4. The molecule has 0 aliphatic carbocycles. The summed E-state index contributed by atoms with van der Waals surface area (Å²) in [7, 11) is 7.76. The molecule has 386 valence electrons. The Morgan fingerprint density at radius 1 is 0.764 bits per heavy atom. The van der Waals surface area contributed by atoms with E-state index in [9.17, 15) is 14.4 Å². The van der Waals surface area contributed by atoms with Crippen LogP contribution in [0.3, 0.4) is 0 Å². The molecule has 1 aromatic heterocycles. The molecule has 0 saturated carbocycles. The van der Waals surface area contributed by atoms with Crippen molar-refractivity contribution in [2.45, 2.75) is 103 Å². The quantitative estimate of drug-likeness (QED) is 0.0550. The number of aryl methyl sites for hydroxylation is 2. The SMILES string of the molecule is CCOC(C)(C)C(CNC(=O)COc1cccc([C@@H](CCc2ccc(OC)c(OC)c2)OC(=O)[C@@H]2CCCCN2C(=O)[C@@H](CC)c2cc(OC)c(OC)c(OC)c2)c1)Cc1ccc(-c2nnc(C)nn2)cc1. The van der Waals surface area contributed by atoms with E-state index >= 15 is 0 Å². The standard InChI is InChI=1S/C55H70N6O11/c1-11-43(40-31-48(67-8)51(69-10)49(32-40)68-9)53(63)61-27-14-13-18-44(61)54(64)72-45(25-21-37-22-26-46(65-6)47(29-37)66-7)39-16-15-17-42(30-39)70-34-50(62)56-33-41(55(4,5)71-12-2)28-36-19-23-38(24-20-36)52-59-57-35(3)58-60-52/h15-17,19-20,22-24,26,29-32,41,43-45H,11-14,18,21,25,27-28,33-34H2,1-10H3,(H,56,62)/t41?,43-,44-,45+/m0/s1. The smallest absolute Gasteiger partial charge is 0.329 e. The lowest BCUT2D eigenvalue weighted by molar-refractivity contribution is -0.162. The number of rotatable bonds is 25. The number of piperidine rings is 1. The molecular weight excluding hydrogens is 921 g/mol. The molecule has 72 heavy (non-hydrogen) atoms. The number of amides is 2. The van der Waals surface area contributed by atoms with Gasteiger partial charge in [-0.3, -0.25) is 9.59 Å². The number of likely N-dealkylation sites (tertiary alicyclic amines) is 1. The third kappa shape index (κ3) is 13.9. The Hall–Kier alpha value is -7.01. The van der Waals surface area contributed by atoms with Crippen LogP contribution < -0.4 is 33.7 Å². The fourth-order valence-electron chi connectivity index (χ4n) is 9.11. The molecule has 17 nitrogen and oxygen atoms in total. The van der Waals surface area contributed by atoms with Gasteiger partial charge < -0.3 is 48.1 Å². The third-order valence-electron chi connectivity index (χ3n) is 13.2. The molecule has 1 fully saturated rings. The van der Waals surface area contributed by atoms with Crippen molar-refractivity contribution in [1.29, 1.82) is 0 Å². The second-order valence-electron chi connectivity index (χ2n) is 18.2. The first-order valence-electron chi connectivity index (χ1n) is 24.5. The van der Waals surface area contributed by atoms with Gasteiger partial charge in [-0.1, -0.05) is 49.4 Å². The van der Waals surface area contributed by atoms with Gasteiger partial charge in [-0.05, 0) is 131 Å². The van der Waals surface area contributed by atoms with Gasteiger partial charge >= 0.3 is 5.97 Å². The molecule has 2 heterocycles. The van der Waals surface area contributed by atoms with E-state index in [0.29, 0.717) is 109 Å². The van der Waals surface area contributed by atoms with Crippen molar-refractivity contribution < 1.29 is 52.3 Å². The molecule has 1 aliphatic heterocycles. The average Bonchev–Trinajstić information content (AvgIpc) is 3.40. The zero-order valence-electron chi connectivity index (χ0n) is 43.3. The van der Waals surface area contributed by atoms with Crippen LogP contribution in [-0.2, 0) is 36.7 Å². The Bertz CT molecular complexity index is 2550. The van der Waals surface area contributed by atoms with Gasteiger partial charge in [0.15, 0.2) is 35.4 Å². The van der Waals surface area contributed by atoms with E-state index in [1.807, 2.05) is 82.3 Å². The maximum atomic E-state index is 14.6. The number of hydrogen-bond acceptors (Lipinski definition) is 15.